The van der Waals surface area contributed by atoms with Crippen LogP contribution in [0.3, 0.4) is 0 Å². The number of nitrogens with zero attached hydrogens (tertiary/aromatic N) is 3. The van der Waals surface area contributed by atoms with Crippen LogP contribution in [-0.2, 0) is 0 Å². The van der Waals surface area contributed by atoms with Gasteiger partial charge in [0, 0.05) is 24.9 Å². The molecule has 0 amide bonds. The van der Waals surface area contributed by atoms with Crippen LogP contribution in [-0.4, -0.2) is 16.5 Å². The molecule has 1 saturated carbocycles. The van der Waals surface area contributed by atoms with Crippen molar-refractivity contribution >= 4 is 26.7 Å². The van der Waals surface area contributed by atoms with Gasteiger partial charge in [0.1, 0.15) is 23.3 Å². The SMILES string of the molecule is N#Cc1cc(Oc2ccc3nc(NCC4CCCCC4)sc3c2)ccn1. The third-order valence-electron chi connectivity index (χ3n) is 4.71. The van der Waals surface area contributed by atoms with Crippen molar-refractivity contribution < 1.29 is 4.74 Å². The van der Waals surface area contributed by atoms with Gasteiger partial charge in [0.15, 0.2) is 5.13 Å². The average molecular weight is 364 g/mol. The first-order valence-corrected chi connectivity index (χ1v) is 9.80. The van der Waals surface area contributed by atoms with Gasteiger partial charge in [-0.25, -0.2) is 9.97 Å². The minimum atomic E-state index is 0.343. The van der Waals surface area contributed by atoms with Crippen LogP contribution in [0.25, 0.3) is 10.2 Å². The van der Waals surface area contributed by atoms with Crippen LogP contribution in [0.15, 0.2) is 36.5 Å². The molecule has 0 atom stereocenters. The summed E-state index contributed by atoms with van der Waals surface area (Å²) in [6.07, 6.45) is 8.32. The van der Waals surface area contributed by atoms with E-state index in [0.29, 0.717) is 11.4 Å². The highest BCUT2D eigenvalue weighted by Crippen LogP contribution is 2.32. The van der Waals surface area contributed by atoms with Crippen molar-refractivity contribution in [1.82, 2.24) is 9.97 Å². The van der Waals surface area contributed by atoms with Gasteiger partial charge in [-0.05, 0) is 37.0 Å². The number of anilines is 1. The minimum absolute atomic E-state index is 0.343. The second-order valence-corrected chi connectivity index (χ2v) is 7.65. The van der Waals surface area contributed by atoms with Gasteiger partial charge >= 0.3 is 0 Å². The van der Waals surface area contributed by atoms with E-state index in [1.807, 2.05) is 24.3 Å². The van der Waals surface area contributed by atoms with E-state index in [9.17, 15) is 0 Å². The molecule has 0 radical (unpaired) electrons. The van der Waals surface area contributed by atoms with Gasteiger partial charge < -0.3 is 10.1 Å². The van der Waals surface area contributed by atoms with Crippen LogP contribution in [0.1, 0.15) is 37.8 Å². The van der Waals surface area contributed by atoms with Crippen LogP contribution < -0.4 is 10.1 Å². The molecule has 26 heavy (non-hydrogen) atoms. The average Bonchev–Trinajstić information content (AvgIpc) is 3.09. The number of aromatic nitrogens is 2. The van der Waals surface area contributed by atoms with Crippen molar-refractivity contribution in [2.24, 2.45) is 5.92 Å². The first-order chi connectivity index (χ1) is 12.8. The van der Waals surface area contributed by atoms with Crippen molar-refractivity contribution in [1.29, 1.82) is 5.26 Å². The predicted molar refractivity (Wildman–Crippen MR) is 104 cm³/mol. The molecule has 1 aliphatic rings. The lowest BCUT2D eigenvalue weighted by molar-refractivity contribution is 0.373. The smallest absolute Gasteiger partial charge is 0.183 e. The highest BCUT2D eigenvalue weighted by atomic mass is 32.1. The Labute approximate surface area is 156 Å². The number of hydrogen-bond donors (Lipinski definition) is 1. The lowest BCUT2D eigenvalue weighted by Gasteiger charge is -2.21. The summed E-state index contributed by atoms with van der Waals surface area (Å²) in [6.45, 7) is 1.01. The molecule has 0 aliphatic heterocycles. The number of rotatable bonds is 5. The molecule has 0 bridgehead atoms. The molecule has 2 heterocycles. The maximum atomic E-state index is 8.94. The summed E-state index contributed by atoms with van der Waals surface area (Å²) in [5.41, 5.74) is 1.32. The molecule has 2 aromatic heterocycles. The summed E-state index contributed by atoms with van der Waals surface area (Å²) >= 11 is 1.65. The van der Waals surface area contributed by atoms with E-state index in [-0.39, 0.29) is 0 Å². The van der Waals surface area contributed by atoms with Gasteiger partial charge in [-0.15, -0.1) is 0 Å². The zero-order valence-electron chi connectivity index (χ0n) is 14.4. The molecule has 3 aromatic rings. The number of ether oxygens (including phenoxy) is 1. The molecule has 0 unspecified atom stereocenters. The van der Waals surface area contributed by atoms with Crippen LogP contribution in [0.5, 0.6) is 11.5 Å². The minimum Gasteiger partial charge on any atom is -0.457 e. The summed E-state index contributed by atoms with van der Waals surface area (Å²) in [7, 11) is 0. The molecule has 0 saturated heterocycles. The van der Waals surface area contributed by atoms with Crippen LogP contribution in [0.2, 0.25) is 0 Å². The van der Waals surface area contributed by atoms with Gasteiger partial charge in [-0.3, -0.25) is 0 Å². The Morgan fingerprint density at radius 1 is 1.15 bits per heavy atom. The molecule has 1 aromatic carbocycles. The quantitative estimate of drug-likeness (QED) is 0.661. The monoisotopic (exact) mass is 364 g/mol. The number of nitriles is 1. The van der Waals surface area contributed by atoms with E-state index in [1.165, 1.54) is 32.1 Å². The maximum absolute atomic E-state index is 8.94. The van der Waals surface area contributed by atoms with E-state index in [1.54, 1.807) is 29.7 Å². The van der Waals surface area contributed by atoms with Crippen molar-refractivity contribution in [2.45, 2.75) is 32.1 Å². The van der Waals surface area contributed by atoms with Crippen molar-refractivity contribution in [3.63, 3.8) is 0 Å². The Kier molecular flexibility index (Phi) is 4.98. The van der Waals surface area contributed by atoms with Crippen molar-refractivity contribution in [3.05, 3.63) is 42.2 Å². The highest BCUT2D eigenvalue weighted by molar-refractivity contribution is 7.22. The van der Waals surface area contributed by atoms with E-state index >= 15 is 0 Å². The van der Waals surface area contributed by atoms with E-state index < -0.39 is 0 Å². The fourth-order valence-corrected chi connectivity index (χ4v) is 4.24. The molecule has 1 aliphatic carbocycles. The third-order valence-corrected chi connectivity index (χ3v) is 5.68. The number of thiazole rings is 1. The molecular weight excluding hydrogens is 344 g/mol. The second kappa shape index (κ2) is 7.71. The van der Waals surface area contributed by atoms with Crippen molar-refractivity contribution in [2.75, 3.05) is 11.9 Å². The van der Waals surface area contributed by atoms with Gasteiger partial charge in [0.25, 0.3) is 0 Å². The first-order valence-electron chi connectivity index (χ1n) is 8.98. The van der Waals surface area contributed by atoms with Gasteiger partial charge in [-0.2, -0.15) is 5.26 Å². The molecular formula is C20H20N4OS. The van der Waals surface area contributed by atoms with Crippen LogP contribution in [0.4, 0.5) is 5.13 Å². The molecule has 1 N–H and O–H groups in total. The molecule has 0 spiro atoms. The second-order valence-electron chi connectivity index (χ2n) is 6.62. The first kappa shape index (κ1) is 16.8. The number of fused-ring (bicyclic) bond motifs is 1. The zero-order chi connectivity index (χ0) is 17.8. The standard InChI is InChI=1S/C20H20N4OS/c21-12-15-10-17(8-9-22-15)25-16-6-7-18-19(11-16)26-20(24-18)23-13-14-4-2-1-3-5-14/h6-11,14H,1-5,13H2,(H,23,24). The Hall–Kier alpha value is -2.65. The zero-order valence-corrected chi connectivity index (χ0v) is 15.3. The molecule has 5 nitrogen and oxygen atoms in total. The number of pyridine rings is 1. The summed E-state index contributed by atoms with van der Waals surface area (Å²) in [4.78, 5) is 8.63. The summed E-state index contributed by atoms with van der Waals surface area (Å²) in [6, 6.07) is 11.3. The van der Waals surface area contributed by atoms with Crippen LogP contribution in [0, 0.1) is 17.2 Å². The fraction of sp³-hybridized carbons (Fsp3) is 0.350. The summed E-state index contributed by atoms with van der Waals surface area (Å²) in [5.74, 6) is 2.11. The lowest BCUT2D eigenvalue weighted by Crippen LogP contribution is -2.16. The molecule has 132 valence electrons. The van der Waals surface area contributed by atoms with Crippen LogP contribution >= 0.6 is 11.3 Å². The Morgan fingerprint density at radius 2 is 2.00 bits per heavy atom. The number of hydrogen-bond acceptors (Lipinski definition) is 6. The van der Waals surface area contributed by atoms with Crippen molar-refractivity contribution in [3.8, 4) is 17.6 Å². The molecule has 1 fully saturated rings. The largest absolute Gasteiger partial charge is 0.457 e. The topological polar surface area (TPSA) is 70.8 Å². The number of nitrogens with one attached hydrogen (secondary N) is 1. The predicted octanol–water partition coefficient (Wildman–Crippen LogP) is 5.35. The normalized spacial score (nSPS) is 14.9. The van der Waals surface area contributed by atoms with E-state index in [4.69, 9.17) is 10.00 Å². The summed E-state index contributed by atoms with van der Waals surface area (Å²) in [5, 5.41) is 13.4. The summed E-state index contributed by atoms with van der Waals surface area (Å²) < 4.78 is 6.95. The third kappa shape index (κ3) is 3.94. The highest BCUT2D eigenvalue weighted by Gasteiger charge is 2.14. The fourth-order valence-electron chi connectivity index (χ4n) is 3.34. The van der Waals surface area contributed by atoms with Gasteiger partial charge in [0.2, 0.25) is 0 Å². The van der Waals surface area contributed by atoms with Gasteiger partial charge in [0.05, 0.1) is 10.2 Å². The van der Waals surface area contributed by atoms with E-state index in [0.717, 1.165) is 33.6 Å². The Bertz CT molecular complexity index is 940. The Morgan fingerprint density at radius 3 is 2.85 bits per heavy atom. The maximum Gasteiger partial charge on any atom is 0.183 e. The number of benzene rings is 1. The van der Waals surface area contributed by atoms with Gasteiger partial charge in [-0.1, -0.05) is 30.6 Å². The molecule has 4 rings (SSSR count). The van der Waals surface area contributed by atoms with E-state index in [2.05, 4.69) is 15.3 Å². The molecule has 6 heteroatoms. The lowest BCUT2D eigenvalue weighted by atomic mass is 9.89. The Balaban J connectivity index is 1.45.